The van der Waals surface area contributed by atoms with E-state index < -0.39 is 0 Å². The number of rotatable bonds is 3. The molecule has 0 aliphatic rings. The fraction of sp³-hybridized carbons (Fsp3) is 0.100. The number of carbonyl (C=O) groups is 1. The first-order chi connectivity index (χ1) is 13.1. The topological polar surface area (TPSA) is 79.8 Å². The summed E-state index contributed by atoms with van der Waals surface area (Å²) in [4.78, 5) is 32.4. The Morgan fingerprint density at radius 1 is 1.22 bits per heavy atom. The van der Waals surface area contributed by atoms with Crippen LogP contribution >= 0.6 is 12.2 Å². The van der Waals surface area contributed by atoms with E-state index in [9.17, 15) is 9.59 Å². The van der Waals surface area contributed by atoms with E-state index >= 15 is 0 Å². The fourth-order valence-electron chi connectivity index (χ4n) is 3.04. The molecule has 0 bridgehead atoms. The van der Waals surface area contributed by atoms with Crippen LogP contribution in [-0.4, -0.2) is 20.4 Å². The Morgan fingerprint density at radius 2 is 2.07 bits per heavy atom. The van der Waals surface area contributed by atoms with Gasteiger partial charge in [-0.3, -0.25) is 19.1 Å². The monoisotopic (exact) mass is 376 g/mol. The minimum atomic E-state index is -0.265. The van der Waals surface area contributed by atoms with Gasteiger partial charge in [0.25, 0.3) is 11.5 Å². The Hall–Kier alpha value is -3.32. The summed E-state index contributed by atoms with van der Waals surface area (Å²) in [5.74, 6) is -0.265. The molecule has 0 spiro atoms. The van der Waals surface area contributed by atoms with Crippen molar-refractivity contribution in [2.24, 2.45) is 0 Å². The van der Waals surface area contributed by atoms with Crippen LogP contribution in [0.5, 0.6) is 0 Å². The highest BCUT2D eigenvalue weighted by molar-refractivity contribution is 7.71. The zero-order valence-corrected chi connectivity index (χ0v) is 15.3. The van der Waals surface area contributed by atoms with Crippen molar-refractivity contribution in [3.63, 3.8) is 0 Å². The molecule has 0 unspecified atom stereocenters. The molecule has 27 heavy (non-hydrogen) atoms. The van der Waals surface area contributed by atoms with Gasteiger partial charge < -0.3 is 10.3 Å². The number of benzene rings is 2. The van der Waals surface area contributed by atoms with Crippen molar-refractivity contribution in [3.05, 3.63) is 75.4 Å². The van der Waals surface area contributed by atoms with Gasteiger partial charge in [-0.1, -0.05) is 6.07 Å². The largest absolute Gasteiger partial charge is 0.332 e. The predicted octanol–water partition coefficient (Wildman–Crippen LogP) is 3.88. The molecule has 0 saturated carbocycles. The van der Waals surface area contributed by atoms with E-state index in [1.165, 1.54) is 4.57 Å². The number of anilines is 1. The zero-order chi connectivity index (χ0) is 19.0. The van der Waals surface area contributed by atoms with Crippen molar-refractivity contribution < 1.29 is 4.79 Å². The number of carbonyl (C=O) groups excluding carboxylic acids is 1. The van der Waals surface area contributed by atoms with Crippen molar-refractivity contribution in [1.82, 2.24) is 14.5 Å². The number of nitrogens with zero attached hydrogens (tertiary/aromatic N) is 2. The summed E-state index contributed by atoms with van der Waals surface area (Å²) in [7, 11) is 0. The van der Waals surface area contributed by atoms with Crippen LogP contribution in [0.25, 0.3) is 21.8 Å². The fourth-order valence-corrected chi connectivity index (χ4v) is 3.36. The molecule has 6 nitrogen and oxygen atoms in total. The van der Waals surface area contributed by atoms with Crippen molar-refractivity contribution >= 4 is 45.6 Å². The van der Waals surface area contributed by atoms with Crippen LogP contribution in [0.3, 0.4) is 0 Å². The third-order valence-electron chi connectivity index (χ3n) is 4.42. The zero-order valence-electron chi connectivity index (χ0n) is 14.5. The van der Waals surface area contributed by atoms with Gasteiger partial charge >= 0.3 is 0 Å². The van der Waals surface area contributed by atoms with E-state index in [-0.39, 0.29) is 11.5 Å². The average Bonchev–Trinajstić information content (AvgIpc) is 2.67. The lowest BCUT2D eigenvalue weighted by atomic mass is 10.1. The highest BCUT2D eigenvalue weighted by atomic mass is 32.1. The minimum Gasteiger partial charge on any atom is -0.332 e. The van der Waals surface area contributed by atoms with E-state index in [1.807, 2.05) is 37.3 Å². The summed E-state index contributed by atoms with van der Waals surface area (Å²) in [6.07, 6.45) is 1.73. The van der Waals surface area contributed by atoms with E-state index in [2.05, 4.69) is 15.3 Å². The van der Waals surface area contributed by atoms with Crippen LogP contribution in [0.4, 0.5) is 5.69 Å². The molecule has 0 atom stereocenters. The van der Waals surface area contributed by atoms with E-state index in [0.29, 0.717) is 33.5 Å². The molecule has 2 N–H and O–H groups in total. The summed E-state index contributed by atoms with van der Waals surface area (Å²) in [6, 6.07) is 14.2. The van der Waals surface area contributed by atoms with Crippen molar-refractivity contribution in [1.29, 1.82) is 0 Å². The molecule has 4 rings (SSSR count). The van der Waals surface area contributed by atoms with Crippen LogP contribution in [0.15, 0.2) is 59.5 Å². The Labute approximate surface area is 159 Å². The quantitative estimate of drug-likeness (QED) is 0.532. The lowest BCUT2D eigenvalue weighted by Gasteiger charge is -2.09. The third kappa shape index (κ3) is 3.13. The van der Waals surface area contributed by atoms with Gasteiger partial charge in [-0.15, -0.1) is 0 Å². The molecule has 134 valence electrons. The maximum atomic E-state index is 12.6. The molecule has 2 aromatic carbocycles. The first-order valence-corrected chi connectivity index (χ1v) is 8.90. The van der Waals surface area contributed by atoms with E-state index in [4.69, 9.17) is 12.2 Å². The van der Waals surface area contributed by atoms with Gasteiger partial charge in [-0.25, -0.2) is 0 Å². The first-order valence-electron chi connectivity index (χ1n) is 8.50. The maximum absolute atomic E-state index is 12.6. The van der Waals surface area contributed by atoms with Crippen LogP contribution < -0.4 is 10.9 Å². The number of H-pyrrole nitrogens is 1. The van der Waals surface area contributed by atoms with Crippen LogP contribution in [0, 0.1) is 4.77 Å². The molecule has 0 fully saturated rings. The Balaban J connectivity index is 1.69. The first kappa shape index (κ1) is 17.1. The number of hydrogen-bond donors (Lipinski definition) is 2. The molecular weight excluding hydrogens is 360 g/mol. The highest BCUT2D eigenvalue weighted by Crippen LogP contribution is 2.18. The molecule has 4 aromatic rings. The second-order valence-electron chi connectivity index (χ2n) is 6.10. The van der Waals surface area contributed by atoms with Crippen molar-refractivity contribution in [2.45, 2.75) is 13.5 Å². The molecule has 1 amide bonds. The number of amides is 1. The summed E-state index contributed by atoms with van der Waals surface area (Å²) in [5, 5.41) is 4.32. The minimum absolute atomic E-state index is 0.162. The van der Waals surface area contributed by atoms with Crippen molar-refractivity contribution in [3.8, 4) is 0 Å². The average molecular weight is 376 g/mol. The number of pyridine rings is 1. The lowest BCUT2D eigenvalue weighted by molar-refractivity contribution is 0.102. The van der Waals surface area contributed by atoms with Gasteiger partial charge in [0, 0.05) is 29.4 Å². The molecule has 0 aliphatic carbocycles. The van der Waals surface area contributed by atoms with Crippen LogP contribution in [0.2, 0.25) is 0 Å². The van der Waals surface area contributed by atoms with Crippen LogP contribution in [0.1, 0.15) is 17.3 Å². The van der Waals surface area contributed by atoms with Gasteiger partial charge in [0.2, 0.25) is 0 Å². The maximum Gasteiger partial charge on any atom is 0.262 e. The molecule has 2 aromatic heterocycles. The predicted molar refractivity (Wildman–Crippen MR) is 109 cm³/mol. The van der Waals surface area contributed by atoms with Crippen LogP contribution in [-0.2, 0) is 6.54 Å². The number of nitrogens with one attached hydrogen (secondary N) is 2. The van der Waals surface area contributed by atoms with Gasteiger partial charge in [0.05, 0.1) is 16.4 Å². The SMILES string of the molecule is CCn1c(=S)[nH]c2cc(C(=O)Nc3ccc4ncccc4c3)ccc2c1=O. The summed E-state index contributed by atoms with van der Waals surface area (Å²) < 4.78 is 1.83. The standard InChI is InChI=1S/C20H16N4O2S/c1-2-24-19(26)15-7-5-13(11-17(15)23-20(24)27)18(25)22-14-6-8-16-12(10-14)4-3-9-21-16/h3-11H,2H2,1H3,(H,22,25)(H,23,27). The molecule has 2 heterocycles. The molecule has 0 saturated heterocycles. The number of aromatic nitrogens is 3. The Bertz CT molecular complexity index is 1310. The van der Waals surface area contributed by atoms with E-state index in [1.54, 1.807) is 24.4 Å². The van der Waals surface area contributed by atoms with E-state index in [0.717, 1.165) is 10.9 Å². The molecule has 0 radical (unpaired) electrons. The molecular formula is C20H16N4O2S. The van der Waals surface area contributed by atoms with Gasteiger partial charge in [-0.2, -0.15) is 0 Å². The smallest absolute Gasteiger partial charge is 0.262 e. The summed E-state index contributed by atoms with van der Waals surface area (Å²) >= 11 is 5.23. The number of hydrogen-bond acceptors (Lipinski definition) is 4. The molecule has 0 aliphatic heterocycles. The summed E-state index contributed by atoms with van der Waals surface area (Å²) in [5.41, 5.74) is 2.36. The highest BCUT2D eigenvalue weighted by Gasteiger charge is 2.10. The number of fused-ring (bicyclic) bond motifs is 2. The lowest BCUT2D eigenvalue weighted by Crippen LogP contribution is -2.21. The normalized spacial score (nSPS) is 11.0. The van der Waals surface area contributed by atoms with Gasteiger partial charge in [0.1, 0.15) is 0 Å². The second kappa shape index (κ2) is 6.77. The molecule has 7 heteroatoms. The summed E-state index contributed by atoms with van der Waals surface area (Å²) in [6.45, 7) is 2.35. The van der Waals surface area contributed by atoms with Gasteiger partial charge in [-0.05, 0) is 61.6 Å². The van der Waals surface area contributed by atoms with Gasteiger partial charge in [0.15, 0.2) is 4.77 Å². The second-order valence-corrected chi connectivity index (χ2v) is 6.49. The Morgan fingerprint density at radius 3 is 2.89 bits per heavy atom. The number of aromatic amines is 1. The van der Waals surface area contributed by atoms with Crippen molar-refractivity contribution in [2.75, 3.05) is 5.32 Å². The third-order valence-corrected chi connectivity index (χ3v) is 4.74. The Kier molecular flexibility index (Phi) is 4.29.